The number of carboxylic acid groups (broad SMARTS) is 1. The number of carboxylic acids is 1. The van der Waals surface area contributed by atoms with E-state index in [9.17, 15) is 32.3 Å². The number of alkyl halides is 3. The van der Waals surface area contributed by atoms with Gasteiger partial charge in [0.1, 0.15) is 5.69 Å². The maximum Gasteiger partial charge on any atom is 0.490 e. The fraction of sp³-hybridized carbons (Fsp3) is 0.0345. The second kappa shape index (κ2) is 15.4. The second-order valence-corrected chi connectivity index (χ2v) is 9.58. The zero-order valence-electron chi connectivity index (χ0n) is 23.0. The van der Waals surface area contributed by atoms with Crippen LogP contribution in [0.25, 0.3) is 0 Å². The fourth-order valence-electron chi connectivity index (χ4n) is 3.39. The van der Waals surface area contributed by atoms with E-state index in [1.54, 1.807) is 54.6 Å². The predicted molar refractivity (Wildman–Crippen MR) is 164 cm³/mol. The number of hydrogen-bond acceptors (Lipinski definition) is 6. The number of H-pyrrole nitrogens is 1. The van der Waals surface area contributed by atoms with E-state index in [2.05, 4.69) is 38.0 Å². The molecule has 0 unspecified atom stereocenters. The van der Waals surface area contributed by atoms with Gasteiger partial charge in [-0.05, 0) is 66.7 Å². The van der Waals surface area contributed by atoms with Crippen LogP contribution in [0.5, 0.6) is 0 Å². The Morgan fingerprint density at radius 1 is 0.761 bits per heavy atom. The number of amides is 4. The summed E-state index contributed by atoms with van der Waals surface area (Å²) in [6.45, 7) is 3.39. The quantitative estimate of drug-likeness (QED) is 0.120. The molecule has 17 heteroatoms. The van der Waals surface area contributed by atoms with Crippen LogP contribution in [-0.2, 0) is 9.59 Å². The van der Waals surface area contributed by atoms with Gasteiger partial charge >= 0.3 is 12.1 Å². The number of carbonyl (C=O) groups is 5. The third-order valence-electron chi connectivity index (χ3n) is 5.55. The standard InChI is InChI=1S/C27H20Cl2N6O4.C2HF3O2/c1-2-22(36)31-16-8-6-15(7-9-16)25(37)32-17-10-12-18(13-11-17)33-27(39)24-21(14-30-35-24)34-26(38)23-19(28)4-3-5-20(23)29;3-2(4,5)1(6)7/h2-14H,1H2,(H,30,35)(H,31,36)(H,32,37)(H,33,39)(H,34,38);(H,6,7). The normalized spacial score (nSPS) is 10.5. The molecular formula is C29H21Cl2F3N6O6. The highest BCUT2D eigenvalue weighted by Gasteiger charge is 2.38. The summed E-state index contributed by atoms with van der Waals surface area (Å²) in [4.78, 5) is 58.3. The lowest BCUT2D eigenvalue weighted by Crippen LogP contribution is -2.21. The SMILES string of the molecule is C=CC(=O)Nc1ccc(C(=O)Nc2ccc(NC(=O)c3[nH]ncc3NC(=O)c3c(Cl)cccc3Cl)cc2)cc1.O=C(O)C(F)(F)F. The average molecular weight is 677 g/mol. The Hall–Kier alpha value is -5.67. The molecule has 46 heavy (non-hydrogen) atoms. The summed E-state index contributed by atoms with van der Waals surface area (Å²) in [6.07, 6.45) is -2.65. The largest absolute Gasteiger partial charge is 0.490 e. The van der Waals surface area contributed by atoms with E-state index < -0.39 is 24.0 Å². The van der Waals surface area contributed by atoms with E-state index in [4.69, 9.17) is 33.1 Å². The number of aromatic nitrogens is 2. The topological polar surface area (TPSA) is 182 Å². The van der Waals surface area contributed by atoms with Gasteiger partial charge in [0.2, 0.25) is 5.91 Å². The maximum absolute atomic E-state index is 12.8. The summed E-state index contributed by atoms with van der Waals surface area (Å²) in [5.41, 5.74) is 2.06. The van der Waals surface area contributed by atoms with E-state index in [1.807, 2.05) is 0 Å². The Kier molecular flexibility index (Phi) is 11.6. The van der Waals surface area contributed by atoms with Crippen LogP contribution < -0.4 is 21.3 Å². The number of aromatic amines is 1. The minimum atomic E-state index is -5.08. The highest BCUT2D eigenvalue weighted by molar-refractivity contribution is 6.40. The number of carbonyl (C=O) groups excluding carboxylic acids is 4. The molecule has 0 aliphatic heterocycles. The van der Waals surface area contributed by atoms with Crippen molar-refractivity contribution < 1.29 is 42.3 Å². The van der Waals surface area contributed by atoms with E-state index in [0.29, 0.717) is 22.6 Å². The maximum atomic E-state index is 12.8. The molecule has 0 fully saturated rings. The summed E-state index contributed by atoms with van der Waals surface area (Å²) < 4.78 is 31.7. The molecule has 0 bridgehead atoms. The van der Waals surface area contributed by atoms with Crippen LogP contribution in [0, 0.1) is 0 Å². The molecule has 4 rings (SSSR count). The Bertz CT molecular complexity index is 1760. The number of anilines is 4. The minimum absolute atomic E-state index is 0.0108. The lowest BCUT2D eigenvalue weighted by atomic mass is 10.2. The van der Waals surface area contributed by atoms with Gasteiger partial charge in [-0.15, -0.1) is 0 Å². The monoisotopic (exact) mass is 676 g/mol. The molecule has 0 radical (unpaired) electrons. The number of aliphatic carboxylic acids is 1. The number of nitrogens with zero attached hydrogens (tertiary/aromatic N) is 1. The summed E-state index contributed by atoms with van der Waals surface area (Å²) in [5.74, 6) is -4.63. The first kappa shape index (κ1) is 34.8. The molecule has 0 atom stereocenters. The van der Waals surface area contributed by atoms with Crippen molar-refractivity contribution in [3.05, 3.63) is 112 Å². The van der Waals surface area contributed by atoms with Crippen LogP contribution in [0.3, 0.4) is 0 Å². The Morgan fingerprint density at radius 2 is 1.24 bits per heavy atom. The second-order valence-electron chi connectivity index (χ2n) is 8.77. The molecule has 0 saturated heterocycles. The lowest BCUT2D eigenvalue weighted by molar-refractivity contribution is -0.192. The van der Waals surface area contributed by atoms with Crippen LogP contribution in [0.15, 0.2) is 85.6 Å². The van der Waals surface area contributed by atoms with E-state index in [1.165, 1.54) is 18.3 Å². The van der Waals surface area contributed by atoms with Gasteiger partial charge in [-0.1, -0.05) is 35.8 Å². The first-order chi connectivity index (χ1) is 21.7. The van der Waals surface area contributed by atoms with Crippen LogP contribution in [0.2, 0.25) is 10.0 Å². The molecule has 4 amide bonds. The van der Waals surface area contributed by atoms with Gasteiger partial charge < -0.3 is 26.4 Å². The third-order valence-corrected chi connectivity index (χ3v) is 6.18. The van der Waals surface area contributed by atoms with Crippen LogP contribution >= 0.6 is 23.2 Å². The molecular weight excluding hydrogens is 656 g/mol. The van der Waals surface area contributed by atoms with Crippen molar-refractivity contribution in [2.45, 2.75) is 6.18 Å². The van der Waals surface area contributed by atoms with Gasteiger partial charge in [0, 0.05) is 22.6 Å². The summed E-state index contributed by atoms with van der Waals surface area (Å²) in [5, 5.41) is 24.5. The van der Waals surface area contributed by atoms with Gasteiger partial charge in [-0.3, -0.25) is 24.3 Å². The summed E-state index contributed by atoms with van der Waals surface area (Å²) >= 11 is 12.2. The van der Waals surface area contributed by atoms with Crippen molar-refractivity contribution in [1.82, 2.24) is 10.2 Å². The molecule has 0 spiro atoms. The smallest absolute Gasteiger partial charge is 0.475 e. The number of rotatable bonds is 8. The Morgan fingerprint density at radius 3 is 1.74 bits per heavy atom. The van der Waals surface area contributed by atoms with Crippen molar-refractivity contribution in [3.8, 4) is 0 Å². The highest BCUT2D eigenvalue weighted by Crippen LogP contribution is 2.26. The minimum Gasteiger partial charge on any atom is -0.475 e. The molecule has 12 nitrogen and oxygen atoms in total. The number of benzene rings is 3. The van der Waals surface area contributed by atoms with Crippen LogP contribution in [-0.4, -0.2) is 51.1 Å². The summed E-state index contributed by atoms with van der Waals surface area (Å²) in [7, 11) is 0. The lowest BCUT2D eigenvalue weighted by Gasteiger charge is -2.10. The molecule has 1 heterocycles. The van der Waals surface area contributed by atoms with Crippen molar-refractivity contribution >= 4 is 75.5 Å². The first-order valence-electron chi connectivity index (χ1n) is 12.5. The molecule has 0 saturated carbocycles. The number of hydrogen-bond donors (Lipinski definition) is 6. The van der Waals surface area contributed by atoms with Gasteiger partial charge in [-0.2, -0.15) is 18.3 Å². The van der Waals surface area contributed by atoms with E-state index in [-0.39, 0.29) is 38.8 Å². The van der Waals surface area contributed by atoms with E-state index in [0.717, 1.165) is 6.08 Å². The van der Waals surface area contributed by atoms with Crippen molar-refractivity contribution in [3.63, 3.8) is 0 Å². The Labute approximate surface area is 267 Å². The molecule has 6 N–H and O–H groups in total. The zero-order valence-corrected chi connectivity index (χ0v) is 24.6. The highest BCUT2D eigenvalue weighted by atomic mass is 35.5. The first-order valence-corrected chi connectivity index (χ1v) is 13.3. The van der Waals surface area contributed by atoms with Crippen molar-refractivity contribution in [2.75, 3.05) is 21.3 Å². The van der Waals surface area contributed by atoms with Crippen LogP contribution in [0.1, 0.15) is 31.2 Å². The fourth-order valence-corrected chi connectivity index (χ4v) is 3.95. The molecule has 0 aliphatic carbocycles. The predicted octanol–water partition coefficient (Wildman–Crippen LogP) is 6.23. The van der Waals surface area contributed by atoms with Gasteiger partial charge in [0.05, 0.1) is 27.5 Å². The third kappa shape index (κ3) is 9.67. The van der Waals surface area contributed by atoms with Gasteiger partial charge in [-0.25, -0.2) is 4.79 Å². The van der Waals surface area contributed by atoms with Crippen LogP contribution in [0.4, 0.5) is 35.9 Å². The molecule has 238 valence electrons. The van der Waals surface area contributed by atoms with E-state index >= 15 is 0 Å². The van der Waals surface area contributed by atoms with Crippen molar-refractivity contribution in [2.24, 2.45) is 0 Å². The average Bonchev–Trinajstić information content (AvgIpc) is 3.46. The molecule has 1 aromatic heterocycles. The van der Waals surface area contributed by atoms with Crippen molar-refractivity contribution in [1.29, 1.82) is 0 Å². The van der Waals surface area contributed by atoms with Gasteiger partial charge in [0.15, 0.2) is 0 Å². The number of nitrogens with one attached hydrogen (secondary N) is 5. The molecule has 0 aliphatic rings. The molecule has 3 aromatic carbocycles. The number of halogens is 5. The zero-order chi connectivity index (χ0) is 34.0. The Balaban J connectivity index is 0.000000738. The summed E-state index contributed by atoms with van der Waals surface area (Å²) in [6, 6.07) is 17.4. The molecule has 4 aromatic rings. The van der Waals surface area contributed by atoms with Gasteiger partial charge in [0.25, 0.3) is 17.7 Å².